The molecule has 6 nitrogen and oxygen atoms in total. The molecular formula is C13H18ClN3O3. The van der Waals surface area contributed by atoms with Crippen molar-refractivity contribution < 1.29 is 9.72 Å². The summed E-state index contributed by atoms with van der Waals surface area (Å²) in [7, 11) is 1.77. The smallest absolute Gasteiger partial charge is 0.272 e. The Labute approximate surface area is 123 Å². The first-order valence-corrected chi connectivity index (χ1v) is 6.23. The summed E-state index contributed by atoms with van der Waals surface area (Å²) < 4.78 is 0. The van der Waals surface area contributed by atoms with Gasteiger partial charge in [-0.15, -0.1) is 12.4 Å². The lowest BCUT2D eigenvalue weighted by Gasteiger charge is -2.23. The number of nitro benzene ring substituents is 1. The highest BCUT2D eigenvalue weighted by molar-refractivity contribution is 5.94. The Morgan fingerprint density at radius 3 is 2.70 bits per heavy atom. The van der Waals surface area contributed by atoms with E-state index in [4.69, 9.17) is 0 Å². The van der Waals surface area contributed by atoms with Crippen LogP contribution in [-0.4, -0.2) is 41.9 Å². The number of aryl methyl sites for hydroxylation is 1. The quantitative estimate of drug-likeness (QED) is 0.681. The number of likely N-dealkylation sites (N-methyl/N-ethyl adjacent to an activating group) is 1. The number of nitrogens with zero attached hydrogens (tertiary/aromatic N) is 2. The third-order valence-corrected chi connectivity index (χ3v) is 3.54. The monoisotopic (exact) mass is 299 g/mol. The molecule has 1 fully saturated rings. The second-order valence-corrected chi connectivity index (χ2v) is 4.82. The Morgan fingerprint density at radius 2 is 2.20 bits per heavy atom. The lowest BCUT2D eigenvalue weighted by molar-refractivity contribution is -0.385. The van der Waals surface area contributed by atoms with Crippen molar-refractivity contribution in [3.8, 4) is 0 Å². The normalized spacial score (nSPS) is 17.4. The van der Waals surface area contributed by atoms with Crippen LogP contribution in [0.3, 0.4) is 0 Å². The van der Waals surface area contributed by atoms with Gasteiger partial charge in [-0.3, -0.25) is 14.9 Å². The van der Waals surface area contributed by atoms with Gasteiger partial charge in [-0.25, -0.2) is 0 Å². The lowest BCUT2D eigenvalue weighted by Crippen LogP contribution is -2.38. The van der Waals surface area contributed by atoms with Gasteiger partial charge in [0, 0.05) is 36.8 Å². The van der Waals surface area contributed by atoms with Crippen LogP contribution in [0.15, 0.2) is 18.2 Å². The van der Waals surface area contributed by atoms with Crippen molar-refractivity contribution in [2.75, 3.05) is 20.1 Å². The van der Waals surface area contributed by atoms with Crippen molar-refractivity contribution in [3.63, 3.8) is 0 Å². The zero-order chi connectivity index (χ0) is 14.0. The molecule has 1 atom stereocenters. The van der Waals surface area contributed by atoms with Crippen molar-refractivity contribution in [2.45, 2.75) is 19.4 Å². The van der Waals surface area contributed by atoms with Gasteiger partial charge < -0.3 is 10.2 Å². The largest absolute Gasteiger partial charge is 0.337 e. The third-order valence-electron chi connectivity index (χ3n) is 3.54. The number of nitro groups is 1. The van der Waals surface area contributed by atoms with Gasteiger partial charge in [0.2, 0.25) is 0 Å². The molecule has 1 N–H and O–H groups in total. The molecule has 1 heterocycles. The molecule has 0 aliphatic carbocycles. The van der Waals surface area contributed by atoms with E-state index in [9.17, 15) is 14.9 Å². The van der Waals surface area contributed by atoms with Crippen LogP contribution in [0.5, 0.6) is 0 Å². The average molecular weight is 300 g/mol. The van der Waals surface area contributed by atoms with E-state index in [-0.39, 0.29) is 30.0 Å². The van der Waals surface area contributed by atoms with E-state index in [0.29, 0.717) is 11.1 Å². The molecule has 110 valence electrons. The molecule has 2 rings (SSSR count). The van der Waals surface area contributed by atoms with Crippen molar-refractivity contribution in [1.29, 1.82) is 0 Å². The molecule has 7 heteroatoms. The number of halogens is 1. The van der Waals surface area contributed by atoms with Crippen LogP contribution in [0.2, 0.25) is 0 Å². The zero-order valence-electron chi connectivity index (χ0n) is 11.5. The average Bonchev–Trinajstić information content (AvgIpc) is 2.90. The van der Waals surface area contributed by atoms with E-state index in [1.807, 2.05) is 0 Å². The molecule has 1 aliphatic rings. The Morgan fingerprint density at radius 1 is 1.50 bits per heavy atom. The fraction of sp³-hybridized carbons (Fsp3) is 0.462. The molecule has 0 aromatic heterocycles. The number of rotatable bonds is 3. The fourth-order valence-electron chi connectivity index (χ4n) is 2.33. The first-order chi connectivity index (χ1) is 9.00. The summed E-state index contributed by atoms with van der Waals surface area (Å²) in [5.74, 6) is -0.0910. The van der Waals surface area contributed by atoms with Crippen molar-refractivity contribution in [3.05, 3.63) is 39.4 Å². The van der Waals surface area contributed by atoms with E-state index < -0.39 is 4.92 Å². The second kappa shape index (κ2) is 6.67. The molecule has 1 unspecified atom stereocenters. The maximum Gasteiger partial charge on any atom is 0.272 e. The zero-order valence-corrected chi connectivity index (χ0v) is 12.3. The number of carbonyl (C=O) groups is 1. The van der Waals surface area contributed by atoms with Crippen LogP contribution in [0.1, 0.15) is 22.3 Å². The van der Waals surface area contributed by atoms with Crippen molar-refractivity contribution in [2.24, 2.45) is 0 Å². The van der Waals surface area contributed by atoms with Crippen LogP contribution in [0.4, 0.5) is 5.69 Å². The standard InChI is InChI=1S/C13H17N3O3.ClH/c1-9-7-10(3-4-12(9)16(18)19)13(17)15(2)11-5-6-14-8-11;/h3-4,7,11,14H,5-6,8H2,1-2H3;1H. The molecule has 0 bridgehead atoms. The Kier molecular flexibility index (Phi) is 5.47. The maximum atomic E-state index is 12.3. The molecule has 0 spiro atoms. The SMILES string of the molecule is Cc1cc(C(=O)N(C)C2CCNC2)ccc1[N+](=O)[O-].Cl. The molecule has 1 saturated heterocycles. The van der Waals surface area contributed by atoms with Gasteiger partial charge in [0.1, 0.15) is 0 Å². The van der Waals surface area contributed by atoms with Gasteiger partial charge in [0.05, 0.1) is 4.92 Å². The summed E-state index contributed by atoms with van der Waals surface area (Å²) in [6.07, 6.45) is 0.939. The molecule has 1 aliphatic heterocycles. The summed E-state index contributed by atoms with van der Waals surface area (Å²) in [5.41, 5.74) is 1.05. The Bertz CT molecular complexity index is 516. The minimum Gasteiger partial charge on any atom is -0.337 e. The summed E-state index contributed by atoms with van der Waals surface area (Å²) in [4.78, 5) is 24.3. The van der Waals surface area contributed by atoms with Gasteiger partial charge in [0.15, 0.2) is 0 Å². The molecular weight excluding hydrogens is 282 g/mol. The third kappa shape index (κ3) is 3.26. The number of benzene rings is 1. The van der Waals surface area contributed by atoms with Gasteiger partial charge in [0.25, 0.3) is 11.6 Å². The number of carbonyl (C=O) groups excluding carboxylic acids is 1. The minimum atomic E-state index is -0.436. The molecule has 20 heavy (non-hydrogen) atoms. The number of amides is 1. The first kappa shape index (κ1) is 16.4. The first-order valence-electron chi connectivity index (χ1n) is 6.23. The van der Waals surface area contributed by atoms with Gasteiger partial charge in [-0.05, 0) is 32.0 Å². The number of hydrogen-bond acceptors (Lipinski definition) is 4. The van der Waals surface area contributed by atoms with Crippen LogP contribution in [0, 0.1) is 17.0 Å². The lowest BCUT2D eigenvalue weighted by atomic mass is 10.1. The highest BCUT2D eigenvalue weighted by Crippen LogP contribution is 2.20. The van der Waals surface area contributed by atoms with E-state index in [2.05, 4.69) is 5.32 Å². The fourth-order valence-corrected chi connectivity index (χ4v) is 2.33. The van der Waals surface area contributed by atoms with Crippen LogP contribution >= 0.6 is 12.4 Å². The summed E-state index contributed by atoms with van der Waals surface area (Å²) in [5, 5.41) is 14.0. The number of hydrogen-bond donors (Lipinski definition) is 1. The Balaban J connectivity index is 0.00000200. The summed E-state index contributed by atoms with van der Waals surface area (Å²) in [6.45, 7) is 3.36. The van der Waals surface area contributed by atoms with Gasteiger partial charge in [-0.2, -0.15) is 0 Å². The Hall–Kier alpha value is -1.66. The highest BCUT2D eigenvalue weighted by atomic mass is 35.5. The van der Waals surface area contributed by atoms with Crippen molar-refractivity contribution >= 4 is 24.0 Å². The van der Waals surface area contributed by atoms with E-state index in [1.54, 1.807) is 24.9 Å². The van der Waals surface area contributed by atoms with E-state index in [1.165, 1.54) is 12.1 Å². The second-order valence-electron chi connectivity index (χ2n) is 4.82. The van der Waals surface area contributed by atoms with E-state index >= 15 is 0 Å². The van der Waals surface area contributed by atoms with Crippen LogP contribution in [0.25, 0.3) is 0 Å². The number of nitrogens with one attached hydrogen (secondary N) is 1. The molecule has 1 aromatic carbocycles. The molecule has 0 radical (unpaired) electrons. The van der Waals surface area contributed by atoms with Crippen LogP contribution < -0.4 is 5.32 Å². The topological polar surface area (TPSA) is 75.5 Å². The molecule has 0 saturated carbocycles. The van der Waals surface area contributed by atoms with Gasteiger partial charge >= 0.3 is 0 Å². The highest BCUT2D eigenvalue weighted by Gasteiger charge is 2.24. The van der Waals surface area contributed by atoms with Crippen molar-refractivity contribution in [1.82, 2.24) is 10.2 Å². The summed E-state index contributed by atoms with van der Waals surface area (Å²) in [6, 6.07) is 4.69. The summed E-state index contributed by atoms with van der Waals surface area (Å²) >= 11 is 0. The predicted octanol–water partition coefficient (Wildman–Crippen LogP) is 1.76. The molecule has 1 amide bonds. The van der Waals surface area contributed by atoms with Crippen LogP contribution in [-0.2, 0) is 0 Å². The maximum absolute atomic E-state index is 12.3. The minimum absolute atomic E-state index is 0. The van der Waals surface area contributed by atoms with Gasteiger partial charge in [-0.1, -0.05) is 0 Å². The molecule has 1 aromatic rings. The predicted molar refractivity (Wildman–Crippen MR) is 78.4 cm³/mol. The van der Waals surface area contributed by atoms with E-state index in [0.717, 1.165) is 19.5 Å².